The number of rotatable bonds is 3. The fourth-order valence-corrected chi connectivity index (χ4v) is 3.14. The molecule has 1 saturated carbocycles. The number of carbonyl (C=O) groups is 1. The van der Waals surface area contributed by atoms with Crippen molar-refractivity contribution in [2.75, 3.05) is 0 Å². The summed E-state index contributed by atoms with van der Waals surface area (Å²) in [5.41, 5.74) is 0.729. The molecule has 0 bridgehead atoms. The molecule has 0 unspecified atom stereocenters. The van der Waals surface area contributed by atoms with Gasteiger partial charge in [0.05, 0.1) is 5.92 Å². The predicted molar refractivity (Wildman–Crippen MR) is 88.6 cm³/mol. The van der Waals surface area contributed by atoms with E-state index in [0.29, 0.717) is 11.5 Å². The molecule has 0 spiro atoms. The van der Waals surface area contributed by atoms with Crippen LogP contribution in [-0.4, -0.2) is 5.97 Å². The third-order valence-corrected chi connectivity index (χ3v) is 4.69. The second-order valence-corrected chi connectivity index (χ2v) is 6.48. The topological polar surface area (TPSA) is 26.3 Å². The molecular formula is C20H20F2O2. The molecule has 1 fully saturated rings. The minimum Gasteiger partial charge on any atom is -0.423 e. The van der Waals surface area contributed by atoms with Gasteiger partial charge >= 0.3 is 5.97 Å². The van der Waals surface area contributed by atoms with E-state index in [9.17, 15) is 13.6 Å². The van der Waals surface area contributed by atoms with Crippen LogP contribution in [0, 0.1) is 23.5 Å². The number of hydrogen-bond acceptors (Lipinski definition) is 2. The van der Waals surface area contributed by atoms with Crippen molar-refractivity contribution in [3.8, 4) is 16.9 Å². The standard InChI is InChI=1S/C20H20F2O2/c1-13-7-9-15(10-8-13)20(23)24-17-12-11-16(18(21)19(17)22)14-5-3-2-4-6-14/h2-6,11-13,15H,7-10H2,1H3. The summed E-state index contributed by atoms with van der Waals surface area (Å²) in [6, 6.07) is 11.5. The minimum atomic E-state index is -1.12. The van der Waals surface area contributed by atoms with Crippen LogP contribution >= 0.6 is 0 Å². The molecule has 3 rings (SSSR count). The third kappa shape index (κ3) is 3.48. The number of benzene rings is 2. The van der Waals surface area contributed by atoms with Crippen LogP contribution in [0.25, 0.3) is 11.1 Å². The van der Waals surface area contributed by atoms with Gasteiger partial charge in [0.25, 0.3) is 0 Å². The Morgan fingerprint density at radius 3 is 2.29 bits per heavy atom. The zero-order chi connectivity index (χ0) is 17.1. The molecule has 0 atom stereocenters. The first-order chi connectivity index (χ1) is 11.6. The van der Waals surface area contributed by atoms with Crippen LogP contribution < -0.4 is 4.74 Å². The summed E-state index contributed by atoms with van der Waals surface area (Å²) in [6.07, 6.45) is 3.41. The Balaban J connectivity index is 1.77. The molecule has 0 N–H and O–H groups in total. The zero-order valence-electron chi connectivity index (χ0n) is 13.6. The largest absolute Gasteiger partial charge is 0.423 e. The summed E-state index contributed by atoms with van der Waals surface area (Å²) in [4.78, 5) is 12.2. The molecule has 0 radical (unpaired) electrons. The van der Waals surface area contributed by atoms with Crippen molar-refractivity contribution in [3.05, 3.63) is 54.1 Å². The molecule has 2 nitrogen and oxygen atoms in total. The molecule has 0 amide bonds. The quantitative estimate of drug-likeness (QED) is 0.559. The average molecular weight is 330 g/mol. The van der Waals surface area contributed by atoms with E-state index in [1.54, 1.807) is 30.3 Å². The van der Waals surface area contributed by atoms with Gasteiger partial charge in [-0.05, 0) is 49.3 Å². The van der Waals surface area contributed by atoms with Crippen LogP contribution in [-0.2, 0) is 4.79 Å². The lowest BCUT2D eigenvalue weighted by molar-refractivity contribution is -0.140. The van der Waals surface area contributed by atoms with Crippen molar-refractivity contribution < 1.29 is 18.3 Å². The van der Waals surface area contributed by atoms with Gasteiger partial charge in [0.2, 0.25) is 5.82 Å². The van der Waals surface area contributed by atoms with Crippen molar-refractivity contribution in [1.29, 1.82) is 0 Å². The molecule has 0 saturated heterocycles. The maximum absolute atomic E-state index is 14.3. The Morgan fingerprint density at radius 2 is 1.62 bits per heavy atom. The smallest absolute Gasteiger partial charge is 0.314 e. The van der Waals surface area contributed by atoms with E-state index in [4.69, 9.17) is 4.74 Å². The highest BCUT2D eigenvalue weighted by Gasteiger charge is 2.27. The SMILES string of the molecule is CC1CCC(C(=O)Oc2ccc(-c3ccccc3)c(F)c2F)CC1. The van der Waals surface area contributed by atoms with Crippen LogP contribution in [0.1, 0.15) is 32.6 Å². The molecular weight excluding hydrogens is 310 g/mol. The number of carbonyl (C=O) groups excluding carboxylic acids is 1. The molecule has 2 aromatic rings. The van der Waals surface area contributed by atoms with Gasteiger partial charge in [-0.1, -0.05) is 37.3 Å². The molecule has 0 aromatic heterocycles. The van der Waals surface area contributed by atoms with Crippen LogP contribution in [0.4, 0.5) is 8.78 Å². The summed E-state index contributed by atoms with van der Waals surface area (Å²) in [7, 11) is 0. The van der Waals surface area contributed by atoms with Gasteiger partial charge in [-0.3, -0.25) is 4.79 Å². The summed E-state index contributed by atoms with van der Waals surface area (Å²) in [5.74, 6) is -2.54. The first-order valence-electron chi connectivity index (χ1n) is 8.31. The van der Waals surface area contributed by atoms with E-state index in [-0.39, 0.29) is 17.2 Å². The molecule has 4 heteroatoms. The second kappa shape index (κ2) is 7.12. The van der Waals surface area contributed by atoms with E-state index in [0.717, 1.165) is 25.7 Å². The lowest BCUT2D eigenvalue weighted by Gasteiger charge is -2.24. The van der Waals surface area contributed by atoms with Crippen molar-refractivity contribution in [2.45, 2.75) is 32.6 Å². The third-order valence-electron chi connectivity index (χ3n) is 4.69. The summed E-state index contributed by atoms with van der Waals surface area (Å²) in [6.45, 7) is 2.15. The summed E-state index contributed by atoms with van der Waals surface area (Å²) in [5, 5.41) is 0. The number of hydrogen-bond donors (Lipinski definition) is 0. The van der Waals surface area contributed by atoms with Gasteiger partial charge < -0.3 is 4.74 Å². The lowest BCUT2D eigenvalue weighted by Crippen LogP contribution is -2.25. The van der Waals surface area contributed by atoms with Gasteiger partial charge in [0.15, 0.2) is 11.6 Å². The number of esters is 1. The van der Waals surface area contributed by atoms with E-state index in [1.807, 2.05) is 0 Å². The van der Waals surface area contributed by atoms with E-state index >= 15 is 0 Å². The number of halogens is 2. The molecule has 1 aliphatic rings. The minimum absolute atomic E-state index is 0.152. The van der Waals surface area contributed by atoms with Crippen molar-refractivity contribution in [1.82, 2.24) is 0 Å². The fourth-order valence-electron chi connectivity index (χ4n) is 3.14. The van der Waals surface area contributed by atoms with Gasteiger partial charge in [-0.15, -0.1) is 0 Å². The highest BCUT2D eigenvalue weighted by Crippen LogP contribution is 2.32. The van der Waals surface area contributed by atoms with Crippen LogP contribution in [0.3, 0.4) is 0 Å². The maximum atomic E-state index is 14.3. The zero-order valence-corrected chi connectivity index (χ0v) is 13.6. The highest BCUT2D eigenvalue weighted by molar-refractivity contribution is 5.76. The molecule has 2 aromatic carbocycles. The normalized spacial score (nSPS) is 20.6. The van der Waals surface area contributed by atoms with Gasteiger partial charge in [-0.25, -0.2) is 4.39 Å². The maximum Gasteiger partial charge on any atom is 0.314 e. The monoisotopic (exact) mass is 330 g/mol. The van der Waals surface area contributed by atoms with E-state index in [2.05, 4.69) is 6.92 Å². The Bertz CT molecular complexity index is 720. The Kier molecular flexibility index (Phi) is 4.93. The fraction of sp³-hybridized carbons (Fsp3) is 0.350. The average Bonchev–Trinajstić information content (AvgIpc) is 2.60. The second-order valence-electron chi connectivity index (χ2n) is 6.48. The Morgan fingerprint density at radius 1 is 0.958 bits per heavy atom. The van der Waals surface area contributed by atoms with Crippen LogP contribution in [0.5, 0.6) is 5.75 Å². The summed E-state index contributed by atoms with van der Waals surface area (Å²) < 4.78 is 33.7. The van der Waals surface area contributed by atoms with Gasteiger partial charge in [0, 0.05) is 5.56 Å². The van der Waals surface area contributed by atoms with Crippen molar-refractivity contribution in [2.24, 2.45) is 11.8 Å². The Labute approximate surface area is 140 Å². The van der Waals surface area contributed by atoms with Crippen LogP contribution in [0.15, 0.2) is 42.5 Å². The van der Waals surface area contributed by atoms with Gasteiger partial charge in [0.1, 0.15) is 0 Å². The predicted octanol–water partition coefficient (Wildman–Crippen LogP) is 5.36. The van der Waals surface area contributed by atoms with Crippen LogP contribution in [0.2, 0.25) is 0 Å². The first kappa shape index (κ1) is 16.6. The molecule has 0 aliphatic heterocycles. The van der Waals surface area contributed by atoms with Crippen molar-refractivity contribution >= 4 is 5.97 Å². The summed E-state index contributed by atoms with van der Waals surface area (Å²) >= 11 is 0. The van der Waals surface area contributed by atoms with E-state index < -0.39 is 17.6 Å². The lowest BCUT2D eigenvalue weighted by atomic mass is 9.83. The highest BCUT2D eigenvalue weighted by atomic mass is 19.2. The molecule has 24 heavy (non-hydrogen) atoms. The molecule has 0 heterocycles. The Hall–Kier alpha value is -2.23. The first-order valence-corrected chi connectivity index (χ1v) is 8.31. The van der Waals surface area contributed by atoms with Crippen molar-refractivity contribution in [3.63, 3.8) is 0 Å². The number of ether oxygens (including phenoxy) is 1. The molecule has 1 aliphatic carbocycles. The van der Waals surface area contributed by atoms with Gasteiger partial charge in [-0.2, -0.15) is 4.39 Å². The molecule has 126 valence electrons. The van der Waals surface area contributed by atoms with E-state index in [1.165, 1.54) is 12.1 Å².